The zero-order chi connectivity index (χ0) is 16.7. The molecule has 1 heterocycles. The van der Waals surface area contributed by atoms with Gasteiger partial charge in [0, 0.05) is 11.3 Å². The lowest BCUT2D eigenvalue weighted by atomic mass is 10.1. The van der Waals surface area contributed by atoms with E-state index in [9.17, 15) is 4.79 Å². The summed E-state index contributed by atoms with van der Waals surface area (Å²) < 4.78 is 5.72. The molecule has 0 radical (unpaired) electrons. The first-order valence-electron chi connectivity index (χ1n) is 7.96. The highest BCUT2D eigenvalue weighted by molar-refractivity contribution is 6.00. The number of H-pyrrole nitrogens is 1. The number of aromatic nitrogens is 2. The molecule has 124 valence electrons. The topological polar surface area (TPSA) is 93.0 Å². The summed E-state index contributed by atoms with van der Waals surface area (Å²) in [6.45, 7) is 4.70. The number of unbranched alkanes of at least 4 members (excludes halogenated alkanes) is 3. The van der Waals surface area contributed by atoms with Crippen LogP contribution in [0.15, 0.2) is 24.3 Å². The van der Waals surface area contributed by atoms with Crippen molar-refractivity contribution in [3.63, 3.8) is 0 Å². The van der Waals surface area contributed by atoms with Gasteiger partial charge in [0.1, 0.15) is 11.4 Å². The maximum absolute atomic E-state index is 11.9. The molecule has 0 bridgehead atoms. The minimum atomic E-state index is -0.359. The summed E-state index contributed by atoms with van der Waals surface area (Å²) in [5, 5.41) is 7.02. The predicted octanol–water partition coefficient (Wildman–Crippen LogP) is 2.95. The molecule has 0 aliphatic carbocycles. The number of nitrogens with one attached hydrogen (secondary N) is 2. The standard InChI is InChI=1S/C17H24N4O2/c1-3-4-5-6-11-23-14-9-7-13(8-10-14)16-15(17(22)19-18)12(2)20-21-16/h7-10H,3-6,11,18H2,1-2H3,(H,19,22)(H,20,21). The first-order chi connectivity index (χ1) is 11.2. The van der Waals surface area contributed by atoms with E-state index < -0.39 is 0 Å². The van der Waals surface area contributed by atoms with Crippen LogP contribution in [0.2, 0.25) is 0 Å². The van der Waals surface area contributed by atoms with Gasteiger partial charge in [-0.15, -0.1) is 0 Å². The average Bonchev–Trinajstić information content (AvgIpc) is 2.96. The monoisotopic (exact) mass is 316 g/mol. The molecule has 23 heavy (non-hydrogen) atoms. The molecule has 6 nitrogen and oxygen atoms in total. The van der Waals surface area contributed by atoms with Crippen molar-refractivity contribution in [2.75, 3.05) is 6.61 Å². The van der Waals surface area contributed by atoms with E-state index in [0.717, 1.165) is 24.3 Å². The molecular formula is C17H24N4O2. The summed E-state index contributed by atoms with van der Waals surface area (Å²) in [6.07, 6.45) is 4.72. The van der Waals surface area contributed by atoms with Gasteiger partial charge >= 0.3 is 0 Å². The van der Waals surface area contributed by atoms with Gasteiger partial charge in [0.2, 0.25) is 0 Å². The number of rotatable bonds is 8. The van der Waals surface area contributed by atoms with Crippen LogP contribution >= 0.6 is 0 Å². The van der Waals surface area contributed by atoms with Crippen LogP contribution in [-0.2, 0) is 0 Å². The molecule has 4 N–H and O–H groups in total. The summed E-state index contributed by atoms with van der Waals surface area (Å²) >= 11 is 0. The van der Waals surface area contributed by atoms with Gasteiger partial charge < -0.3 is 4.74 Å². The second kappa shape index (κ2) is 8.33. The van der Waals surface area contributed by atoms with Crippen molar-refractivity contribution in [2.24, 2.45) is 5.84 Å². The molecule has 2 rings (SSSR count). The van der Waals surface area contributed by atoms with Crippen molar-refractivity contribution in [1.82, 2.24) is 15.6 Å². The molecule has 0 unspecified atom stereocenters. The van der Waals surface area contributed by atoms with E-state index in [4.69, 9.17) is 10.6 Å². The molecule has 1 aromatic heterocycles. The number of hydrogen-bond acceptors (Lipinski definition) is 4. The lowest BCUT2D eigenvalue weighted by Gasteiger charge is -2.07. The second-order valence-electron chi connectivity index (χ2n) is 5.48. The first-order valence-corrected chi connectivity index (χ1v) is 7.96. The average molecular weight is 316 g/mol. The number of hydrogen-bond donors (Lipinski definition) is 3. The van der Waals surface area contributed by atoms with Crippen molar-refractivity contribution < 1.29 is 9.53 Å². The zero-order valence-electron chi connectivity index (χ0n) is 13.7. The Kier molecular flexibility index (Phi) is 6.17. The molecule has 0 spiro atoms. The number of ether oxygens (including phenoxy) is 1. The highest BCUT2D eigenvalue weighted by Crippen LogP contribution is 2.25. The molecule has 2 aromatic rings. The lowest BCUT2D eigenvalue weighted by Crippen LogP contribution is -2.30. The summed E-state index contributed by atoms with van der Waals surface area (Å²) in [6, 6.07) is 7.57. The number of nitrogen functional groups attached to an aromatic ring is 1. The zero-order valence-corrected chi connectivity index (χ0v) is 13.7. The normalized spacial score (nSPS) is 10.6. The number of nitrogens with zero attached hydrogens (tertiary/aromatic N) is 1. The minimum absolute atomic E-state index is 0.359. The SMILES string of the molecule is CCCCCCOc1ccc(-c2n[nH]c(C)c2C(=O)NN)cc1. The molecule has 1 amide bonds. The summed E-state index contributed by atoms with van der Waals surface area (Å²) in [5.74, 6) is 5.69. The maximum Gasteiger partial charge on any atom is 0.269 e. The first kappa shape index (κ1) is 17.0. The second-order valence-corrected chi connectivity index (χ2v) is 5.48. The van der Waals surface area contributed by atoms with Crippen LogP contribution in [0.4, 0.5) is 0 Å². The molecule has 0 saturated heterocycles. The maximum atomic E-state index is 11.9. The largest absolute Gasteiger partial charge is 0.494 e. The van der Waals surface area contributed by atoms with Gasteiger partial charge in [0.15, 0.2) is 0 Å². The van der Waals surface area contributed by atoms with Crippen molar-refractivity contribution in [3.05, 3.63) is 35.5 Å². The molecule has 0 fully saturated rings. The Morgan fingerprint density at radius 1 is 1.26 bits per heavy atom. The number of amides is 1. The number of aromatic amines is 1. The van der Waals surface area contributed by atoms with E-state index in [1.54, 1.807) is 6.92 Å². The number of nitrogens with two attached hydrogens (primary N) is 1. The van der Waals surface area contributed by atoms with E-state index in [-0.39, 0.29) is 5.91 Å². The molecule has 0 atom stereocenters. The Labute approximate surface area is 136 Å². The van der Waals surface area contributed by atoms with E-state index in [2.05, 4.69) is 22.5 Å². The van der Waals surface area contributed by atoms with Gasteiger partial charge in [-0.25, -0.2) is 5.84 Å². The third kappa shape index (κ3) is 4.32. The Morgan fingerprint density at radius 3 is 2.65 bits per heavy atom. The smallest absolute Gasteiger partial charge is 0.269 e. The molecule has 0 aliphatic rings. The van der Waals surface area contributed by atoms with Gasteiger partial charge in [-0.3, -0.25) is 15.3 Å². The highest BCUT2D eigenvalue weighted by atomic mass is 16.5. The third-order valence-corrected chi connectivity index (χ3v) is 3.70. The van der Waals surface area contributed by atoms with Crippen LogP contribution in [0.3, 0.4) is 0 Å². The Hall–Kier alpha value is -2.34. The molecule has 0 saturated carbocycles. The van der Waals surface area contributed by atoms with Crippen molar-refractivity contribution in [2.45, 2.75) is 39.5 Å². The summed E-state index contributed by atoms with van der Waals surface area (Å²) in [5.41, 5.74) is 4.71. The summed E-state index contributed by atoms with van der Waals surface area (Å²) in [7, 11) is 0. The van der Waals surface area contributed by atoms with Gasteiger partial charge in [-0.2, -0.15) is 5.10 Å². The molecule has 0 aliphatic heterocycles. The molecule has 6 heteroatoms. The fourth-order valence-electron chi connectivity index (χ4n) is 2.42. The number of benzene rings is 1. The fraction of sp³-hybridized carbons (Fsp3) is 0.412. The summed E-state index contributed by atoms with van der Waals surface area (Å²) in [4.78, 5) is 11.9. The van der Waals surface area contributed by atoms with E-state index >= 15 is 0 Å². The van der Waals surface area contributed by atoms with Crippen LogP contribution in [0.1, 0.15) is 48.7 Å². The fourth-order valence-corrected chi connectivity index (χ4v) is 2.42. The Balaban J connectivity index is 2.04. The number of carbonyl (C=O) groups is 1. The number of hydrazine groups is 1. The predicted molar refractivity (Wildman–Crippen MR) is 90.1 cm³/mol. The minimum Gasteiger partial charge on any atom is -0.494 e. The Morgan fingerprint density at radius 2 is 2.00 bits per heavy atom. The van der Waals surface area contributed by atoms with Crippen LogP contribution in [0, 0.1) is 6.92 Å². The molecule has 1 aromatic carbocycles. The van der Waals surface area contributed by atoms with E-state index in [0.29, 0.717) is 17.0 Å². The van der Waals surface area contributed by atoms with Crippen molar-refractivity contribution >= 4 is 5.91 Å². The van der Waals surface area contributed by atoms with Crippen LogP contribution in [0.25, 0.3) is 11.3 Å². The highest BCUT2D eigenvalue weighted by Gasteiger charge is 2.18. The van der Waals surface area contributed by atoms with Gasteiger partial charge in [0.05, 0.1) is 12.2 Å². The van der Waals surface area contributed by atoms with Crippen LogP contribution in [-0.4, -0.2) is 22.7 Å². The lowest BCUT2D eigenvalue weighted by molar-refractivity contribution is 0.0954. The number of aryl methyl sites for hydroxylation is 1. The van der Waals surface area contributed by atoms with E-state index in [1.165, 1.54) is 19.3 Å². The van der Waals surface area contributed by atoms with Gasteiger partial charge in [0.25, 0.3) is 5.91 Å². The quantitative estimate of drug-likeness (QED) is 0.302. The van der Waals surface area contributed by atoms with Gasteiger partial charge in [-0.1, -0.05) is 26.2 Å². The molecular weight excluding hydrogens is 292 g/mol. The van der Waals surface area contributed by atoms with Crippen LogP contribution in [0.5, 0.6) is 5.75 Å². The third-order valence-electron chi connectivity index (χ3n) is 3.70. The van der Waals surface area contributed by atoms with Gasteiger partial charge in [-0.05, 0) is 37.6 Å². The Bertz CT molecular complexity index is 635. The number of carbonyl (C=O) groups excluding carboxylic acids is 1. The van der Waals surface area contributed by atoms with E-state index in [1.807, 2.05) is 24.3 Å². The van der Waals surface area contributed by atoms with Crippen molar-refractivity contribution in [1.29, 1.82) is 0 Å². The van der Waals surface area contributed by atoms with Crippen molar-refractivity contribution in [3.8, 4) is 17.0 Å². The van der Waals surface area contributed by atoms with Crippen LogP contribution < -0.4 is 16.0 Å².